The van der Waals surface area contributed by atoms with E-state index in [1.165, 1.54) is 0 Å². The maximum absolute atomic E-state index is 12.9. The van der Waals surface area contributed by atoms with E-state index in [2.05, 4.69) is 20.3 Å². The second-order valence-corrected chi connectivity index (χ2v) is 4.57. The van der Waals surface area contributed by atoms with Crippen LogP contribution in [0.25, 0.3) is 11.3 Å². The van der Waals surface area contributed by atoms with Gasteiger partial charge in [0.15, 0.2) is 5.69 Å². The fourth-order valence-electron chi connectivity index (χ4n) is 1.76. The molecule has 7 heteroatoms. The van der Waals surface area contributed by atoms with Gasteiger partial charge in [-0.3, -0.25) is 4.98 Å². The van der Waals surface area contributed by atoms with Gasteiger partial charge in [-0.2, -0.15) is 13.2 Å². The number of alkyl halides is 3. The number of aromatic nitrogens is 3. The number of aryl methyl sites for hydroxylation is 1. The third-order valence-electron chi connectivity index (χ3n) is 2.74. The highest BCUT2D eigenvalue weighted by Crippen LogP contribution is 2.31. The van der Waals surface area contributed by atoms with Crippen molar-refractivity contribution in [2.24, 2.45) is 0 Å². The second-order valence-electron chi connectivity index (χ2n) is 4.57. The first-order chi connectivity index (χ1) is 9.90. The number of nitrogens with zero attached hydrogens (tertiary/aromatic N) is 3. The Balaban J connectivity index is 2.49. The van der Waals surface area contributed by atoms with Gasteiger partial charge in [0.2, 0.25) is 5.95 Å². The summed E-state index contributed by atoms with van der Waals surface area (Å²) in [5.74, 6) is -0.0175. The molecule has 0 radical (unpaired) electrons. The molecule has 2 rings (SSSR count). The molecule has 21 heavy (non-hydrogen) atoms. The number of rotatable bonds is 4. The van der Waals surface area contributed by atoms with Crippen LogP contribution < -0.4 is 5.32 Å². The second kappa shape index (κ2) is 6.07. The van der Waals surface area contributed by atoms with Gasteiger partial charge in [0.1, 0.15) is 0 Å². The van der Waals surface area contributed by atoms with Crippen LogP contribution in [-0.4, -0.2) is 21.5 Å². The SMILES string of the molecule is CCCNc1nc(-c2ccnc(C)c2)cc(C(F)(F)F)n1. The predicted octanol–water partition coefficient (Wildman–Crippen LogP) is 3.69. The molecule has 0 unspecified atom stereocenters. The average Bonchev–Trinajstić information content (AvgIpc) is 2.44. The Morgan fingerprint density at radius 2 is 1.95 bits per heavy atom. The number of hydrogen-bond acceptors (Lipinski definition) is 4. The van der Waals surface area contributed by atoms with Crippen molar-refractivity contribution in [3.63, 3.8) is 0 Å². The summed E-state index contributed by atoms with van der Waals surface area (Å²) < 4.78 is 38.8. The third kappa shape index (κ3) is 3.90. The lowest BCUT2D eigenvalue weighted by Crippen LogP contribution is -2.13. The standard InChI is InChI=1S/C14H15F3N4/c1-3-5-19-13-20-11(8-12(21-13)14(15,16)17)10-4-6-18-9(2)7-10/h4,6-8H,3,5H2,1-2H3,(H,19,20,21). The number of hydrogen-bond donors (Lipinski definition) is 1. The summed E-state index contributed by atoms with van der Waals surface area (Å²) in [6.07, 6.45) is -2.20. The molecule has 2 aromatic rings. The van der Waals surface area contributed by atoms with Crippen LogP contribution in [0, 0.1) is 6.92 Å². The summed E-state index contributed by atoms with van der Waals surface area (Å²) in [7, 11) is 0. The molecule has 0 atom stereocenters. The van der Waals surface area contributed by atoms with E-state index in [1.807, 2.05) is 6.92 Å². The fraction of sp³-hybridized carbons (Fsp3) is 0.357. The summed E-state index contributed by atoms with van der Waals surface area (Å²) in [5, 5.41) is 2.79. The molecule has 0 saturated heterocycles. The van der Waals surface area contributed by atoms with E-state index in [0.717, 1.165) is 12.5 Å². The first-order valence-electron chi connectivity index (χ1n) is 6.53. The Kier molecular flexibility index (Phi) is 4.40. The van der Waals surface area contributed by atoms with Crippen LogP contribution in [0.1, 0.15) is 24.7 Å². The monoisotopic (exact) mass is 296 g/mol. The van der Waals surface area contributed by atoms with Crippen LogP contribution >= 0.6 is 0 Å². The van der Waals surface area contributed by atoms with Crippen molar-refractivity contribution in [1.82, 2.24) is 15.0 Å². The van der Waals surface area contributed by atoms with Crippen LogP contribution in [0.4, 0.5) is 19.1 Å². The van der Waals surface area contributed by atoms with Crippen molar-refractivity contribution in [2.75, 3.05) is 11.9 Å². The van der Waals surface area contributed by atoms with E-state index in [9.17, 15) is 13.2 Å². The zero-order chi connectivity index (χ0) is 15.5. The minimum atomic E-state index is -4.51. The van der Waals surface area contributed by atoms with Crippen molar-refractivity contribution < 1.29 is 13.2 Å². The topological polar surface area (TPSA) is 50.7 Å². The average molecular weight is 296 g/mol. The number of pyridine rings is 1. The summed E-state index contributed by atoms with van der Waals surface area (Å²) in [6, 6.07) is 4.26. The fourth-order valence-corrected chi connectivity index (χ4v) is 1.76. The van der Waals surface area contributed by atoms with Gasteiger partial charge >= 0.3 is 6.18 Å². The van der Waals surface area contributed by atoms with E-state index < -0.39 is 11.9 Å². The van der Waals surface area contributed by atoms with Gasteiger partial charge in [-0.25, -0.2) is 9.97 Å². The van der Waals surface area contributed by atoms with Crippen molar-refractivity contribution >= 4 is 5.95 Å². The lowest BCUT2D eigenvalue weighted by atomic mass is 10.1. The molecule has 0 amide bonds. The smallest absolute Gasteiger partial charge is 0.354 e. The Morgan fingerprint density at radius 1 is 1.19 bits per heavy atom. The molecule has 2 heterocycles. The highest BCUT2D eigenvalue weighted by atomic mass is 19.4. The van der Waals surface area contributed by atoms with Gasteiger partial charge in [0.25, 0.3) is 0 Å². The zero-order valence-electron chi connectivity index (χ0n) is 11.7. The van der Waals surface area contributed by atoms with Gasteiger partial charge in [-0.15, -0.1) is 0 Å². The first-order valence-corrected chi connectivity index (χ1v) is 6.53. The van der Waals surface area contributed by atoms with Crippen molar-refractivity contribution in [3.8, 4) is 11.3 Å². The van der Waals surface area contributed by atoms with Crippen LogP contribution in [0.2, 0.25) is 0 Å². The molecule has 0 saturated carbocycles. The highest BCUT2D eigenvalue weighted by molar-refractivity contribution is 5.61. The molecular formula is C14H15F3N4. The molecule has 2 aromatic heterocycles. The minimum Gasteiger partial charge on any atom is -0.354 e. The Bertz CT molecular complexity index is 626. The Morgan fingerprint density at radius 3 is 2.57 bits per heavy atom. The van der Waals surface area contributed by atoms with Gasteiger partial charge < -0.3 is 5.32 Å². The molecular weight excluding hydrogens is 281 g/mol. The van der Waals surface area contributed by atoms with Crippen molar-refractivity contribution in [1.29, 1.82) is 0 Å². The predicted molar refractivity (Wildman–Crippen MR) is 73.8 cm³/mol. The van der Waals surface area contributed by atoms with E-state index in [0.29, 0.717) is 17.8 Å². The minimum absolute atomic E-state index is 0.0175. The Hall–Kier alpha value is -2.18. The number of halogens is 3. The van der Waals surface area contributed by atoms with Crippen molar-refractivity contribution in [3.05, 3.63) is 35.8 Å². The highest BCUT2D eigenvalue weighted by Gasteiger charge is 2.33. The Labute approximate surface area is 120 Å². The van der Waals surface area contributed by atoms with Crippen LogP contribution in [-0.2, 0) is 6.18 Å². The summed E-state index contributed by atoms with van der Waals surface area (Å²) >= 11 is 0. The summed E-state index contributed by atoms with van der Waals surface area (Å²) in [6.45, 7) is 4.19. The molecule has 0 aliphatic rings. The molecule has 0 aliphatic heterocycles. The largest absolute Gasteiger partial charge is 0.433 e. The van der Waals surface area contributed by atoms with Crippen molar-refractivity contribution in [2.45, 2.75) is 26.4 Å². The maximum atomic E-state index is 12.9. The molecule has 4 nitrogen and oxygen atoms in total. The van der Waals surface area contributed by atoms with Gasteiger partial charge in [-0.1, -0.05) is 6.92 Å². The van der Waals surface area contributed by atoms with E-state index in [4.69, 9.17) is 0 Å². The van der Waals surface area contributed by atoms with Gasteiger partial charge in [-0.05, 0) is 31.5 Å². The third-order valence-corrected chi connectivity index (χ3v) is 2.74. The maximum Gasteiger partial charge on any atom is 0.433 e. The van der Waals surface area contributed by atoms with E-state index in [-0.39, 0.29) is 11.6 Å². The number of anilines is 1. The normalized spacial score (nSPS) is 11.5. The van der Waals surface area contributed by atoms with Crippen LogP contribution in [0.5, 0.6) is 0 Å². The van der Waals surface area contributed by atoms with Gasteiger partial charge in [0, 0.05) is 24.0 Å². The van der Waals surface area contributed by atoms with Gasteiger partial charge in [0.05, 0.1) is 5.69 Å². The lowest BCUT2D eigenvalue weighted by Gasteiger charge is -2.11. The zero-order valence-corrected chi connectivity index (χ0v) is 11.7. The summed E-state index contributed by atoms with van der Waals surface area (Å²) in [5.41, 5.74) is 0.555. The van der Waals surface area contributed by atoms with E-state index in [1.54, 1.807) is 25.3 Å². The quantitative estimate of drug-likeness (QED) is 0.935. The molecule has 0 bridgehead atoms. The van der Waals surface area contributed by atoms with E-state index >= 15 is 0 Å². The van der Waals surface area contributed by atoms with Crippen LogP contribution in [0.15, 0.2) is 24.4 Å². The molecule has 112 valence electrons. The number of nitrogens with one attached hydrogen (secondary N) is 1. The molecule has 1 N–H and O–H groups in total. The summed E-state index contributed by atoms with van der Waals surface area (Å²) in [4.78, 5) is 11.7. The van der Waals surface area contributed by atoms with Crippen LogP contribution in [0.3, 0.4) is 0 Å². The molecule has 0 fully saturated rings. The lowest BCUT2D eigenvalue weighted by molar-refractivity contribution is -0.141. The molecule has 0 aromatic carbocycles. The molecule has 0 spiro atoms. The first kappa shape index (κ1) is 15.2. The molecule has 0 aliphatic carbocycles.